The molecule has 0 aromatic heterocycles. The van der Waals surface area contributed by atoms with E-state index in [2.05, 4.69) is 11.8 Å². The normalized spacial score (nSPS) is 21.6. The topological polar surface area (TPSA) is 87.1 Å². The molecular formula is C23H33FN2O5S2. The molecule has 0 unspecified atom stereocenters. The number of fused-ring (bicyclic) bond motifs is 1. The number of nitrogens with zero attached hydrogens (tertiary/aromatic N) is 2. The maximum Gasteiger partial charge on any atom is 0.368 e. The molecule has 10 heteroatoms. The quantitative estimate of drug-likeness (QED) is 0.294. The van der Waals surface area contributed by atoms with Crippen LogP contribution >= 0.6 is 11.8 Å². The van der Waals surface area contributed by atoms with Crippen LogP contribution in [-0.2, 0) is 14.8 Å². The van der Waals surface area contributed by atoms with E-state index in [1.165, 1.54) is 35.0 Å². The van der Waals surface area contributed by atoms with Crippen molar-refractivity contribution in [2.45, 2.75) is 67.7 Å². The molecule has 0 amide bonds. The minimum Gasteiger partial charge on any atom is -0.476 e. The van der Waals surface area contributed by atoms with Crippen LogP contribution in [0.2, 0.25) is 0 Å². The number of benzene rings is 1. The number of carboxylic acid groups (broad SMARTS) is 1. The molecule has 1 aromatic rings. The lowest BCUT2D eigenvalue weighted by Gasteiger charge is -2.31. The van der Waals surface area contributed by atoms with Crippen LogP contribution in [0.3, 0.4) is 0 Å². The number of likely N-dealkylation sites (N-methyl/N-ethyl adjacent to an activating group) is 1. The summed E-state index contributed by atoms with van der Waals surface area (Å²) in [5.74, 6) is -2.57. The number of carboxylic acids is 1. The van der Waals surface area contributed by atoms with Gasteiger partial charge in [0.15, 0.2) is 0 Å². The first-order valence-corrected chi connectivity index (χ1v) is 14.1. The lowest BCUT2D eigenvalue weighted by Crippen LogP contribution is -2.43. The molecule has 1 aromatic carbocycles. The van der Waals surface area contributed by atoms with Crippen molar-refractivity contribution in [3.8, 4) is 5.75 Å². The summed E-state index contributed by atoms with van der Waals surface area (Å²) in [6.07, 6.45) is 9.68. The van der Waals surface area contributed by atoms with E-state index in [-0.39, 0.29) is 16.7 Å². The lowest BCUT2D eigenvalue weighted by molar-refractivity contribution is -0.134. The summed E-state index contributed by atoms with van der Waals surface area (Å²) in [5, 5.41) is 8.77. The molecule has 1 N–H and O–H groups in total. The molecule has 1 fully saturated rings. The number of anilines is 1. The molecule has 0 spiro atoms. The van der Waals surface area contributed by atoms with E-state index in [9.17, 15) is 17.6 Å². The highest BCUT2D eigenvalue weighted by Crippen LogP contribution is 2.42. The van der Waals surface area contributed by atoms with Crippen LogP contribution < -0.4 is 9.64 Å². The predicted octanol–water partition coefficient (Wildman–Crippen LogP) is 4.87. The minimum absolute atomic E-state index is 0.110. The number of unbranched alkanes of at least 4 members (excludes halogenated alkanes) is 1. The van der Waals surface area contributed by atoms with Crippen LogP contribution in [0.5, 0.6) is 5.75 Å². The smallest absolute Gasteiger partial charge is 0.368 e. The minimum atomic E-state index is -3.83. The van der Waals surface area contributed by atoms with E-state index in [0.29, 0.717) is 29.3 Å². The van der Waals surface area contributed by atoms with Gasteiger partial charge in [-0.2, -0.15) is 8.70 Å². The highest BCUT2D eigenvalue weighted by Gasteiger charge is 2.38. The molecule has 33 heavy (non-hydrogen) atoms. The summed E-state index contributed by atoms with van der Waals surface area (Å²) < 4.78 is 47.5. The second-order valence-electron chi connectivity index (χ2n) is 8.73. The highest BCUT2D eigenvalue weighted by atomic mass is 32.2. The van der Waals surface area contributed by atoms with Gasteiger partial charge in [0.1, 0.15) is 16.9 Å². The van der Waals surface area contributed by atoms with Crippen molar-refractivity contribution in [3.05, 3.63) is 24.2 Å². The zero-order valence-electron chi connectivity index (χ0n) is 19.4. The van der Waals surface area contributed by atoms with Gasteiger partial charge in [-0.3, -0.25) is 0 Å². The number of aliphatic carboxylic acids is 1. The van der Waals surface area contributed by atoms with Crippen LogP contribution in [0, 0.1) is 5.92 Å². The predicted molar refractivity (Wildman–Crippen MR) is 128 cm³/mol. The van der Waals surface area contributed by atoms with E-state index in [1.807, 2.05) is 6.26 Å². The Balaban J connectivity index is 2.10. The van der Waals surface area contributed by atoms with Gasteiger partial charge in [-0.15, -0.1) is 11.8 Å². The number of rotatable bonds is 9. The zero-order valence-corrected chi connectivity index (χ0v) is 21.1. The maximum atomic E-state index is 13.6. The fourth-order valence-corrected chi connectivity index (χ4v) is 6.73. The van der Waals surface area contributed by atoms with E-state index in [0.717, 1.165) is 38.6 Å². The lowest BCUT2D eigenvalue weighted by atomic mass is 10.0. The summed E-state index contributed by atoms with van der Waals surface area (Å²) in [6.45, 7) is 3.50. The van der Waals surface area contributed by atoms with E-state index >= 15 is 0 Å². The molecule has 1 heterocycles. The first-order chi connectivity index (χ1) is 15.7. The van der Waals surface area contributed by atoms with Crippen molar-refractivity contribution < 1.29 is 27.4 Å². The van der Waals surface area contributed by atoms with Gasteiger partial charge in [0.25, 0.3) is 0 Å². The van der Waals surface area contributed by atoms with Gasteiger partial charge < -0.3 is 14.7 Å². The number of sulfonamides is 1. The number of halogens is 1. The van der Waals surface area contributed by atoms with Gasteiger partial charge in [0.2, 0.25) is 15.9 Å². The molecule has 1 aliphatic heterocycles. The Morgan fingerprint density at radius 3 is 2.64 bits per heavy atom. The maximum absolute atomic E-state index is 13.6. The number of thioether (sulfide) groups is 1. The van der Waals surface area contributed by atoms with Gasteiger partial charge in [-0.1, -0.05) is 32.6 Å². The number of hydrogen-bond donors (Lipinski definition) is 1. The molecule has 2 aliphatic rings. The molecule has 0 saturated heterocycles. The summed E-state index contributed by atoms with van der Waals surface area (Å²) in [4.78, 5) is 13.7. The second-order valence-corrected chi connectivity index (χ2v) is 11.5. The zero-order chi connectivity index (χ0) is 24.2. The van der Waals surface area contributed by atoms with Crippen LogP contribution in [0.1, 0.15) is 51.9 Å². The van der Waals surface area contributed by atoms with Crippen LogP contribution in [0.4, 0.5) is 10.1 Å². The molecule has 1 atom stereocenters. The Morgan fingerprint density at radius 1 is 1.33 bits per heavy atom. The Labute approximate surface area is 200 Å². The molecule has 0 bridgehead atoms. The summed E-state index contributed by atoms with van der Waals surface area (Å²) in [7, 11) is -2.22. The second kappa shape index (κ2) is 11.1. The van der Waals surface area contributed by atoms with Crippen molar-refractivity contribution in [1.82, 2.24) is 4.31 Å². The van der Waals surface area contributed by atoms with Crippen molar-refractivity contribution in [2.24, 2.45) is 5.92 Å². The van der Waals surface area contributed by atoms with Crippen molar-refractivity contribution in [3.63, 3.8) is 0 Å². The van der Waals surface area contributed by atoms with Crippen molar-refractivity contribution in [2.75, 3.05) is 31.3 Å². The summed E-state index contributed by atoms with van der Waals surface area (Å²) >= 11 is 1.34. The van der Waals surface area contributed by atoms with Gasteiger partial charge >= 0.3 is 5.97 Å². The molecule has 0 radical (unpaired) electrons. The third kappa shape index (κ3) is 5.84. The number of hydrogen-bond acceptors (Lipinski definition) is 6. The molecule has 3 rings (SSSR count). The SMILES string of the molecule is CCCC[C@@H]1CN(CC2CCCC2)c2cc(SC)c(O/C=C(\F)C(=O)O)cc2S(=O)(=O)N1C. The molecule has 1 saturated carbocycles. The van der Waals surface area contributed by atoms with Crippen LogP contribution in [0.25, 0.3) is 0 Å². The number of ether oxygens (including phenoxy) is 1. The fraction of sp³-hybridized carbons (Fsp3) is 0.609. The first-order valence-electron chi connectivity index (χ1n) is 11.4. The summed E-state index contributed by atoms with van der Waals surface area (Å²) in [6, 6.07) is 3.03. The van der Waals surface area contributed by atoms with E-state index in [1.54, 1.807) is 13.1 Å². The third-order valence-electron chi connectivity index (χ3n) is 6.53. The van der Waals surface area contributed by atoms with Gasteiger partial charge in [0, 0.05) is 32.2 Å². The molecule has 1 aliphatic carbocycles. The average Bonchev–Trinajstić information content (AvgIpc) is 3.29. The Bertz CT molecular complexity index is 993. The van der Waals surface area contributed by atoms with E-state index < -0.39 is 21.8 Å². The van der Waals surface area contributed by atoms with Gasteiger partial charge in [0.05, 0.1) is 10.6 Å². The van der Waals surface area contributed by atoms with Crippen molar-refractivity contribution >= 4 is 33.4 Å². The Hall–Kier alpha value is -1.78. The van der Waals surface area contributed by atoms with Gasteiger partial charge in [-0.05, 0) is 37.5 Å². The molecular weight excluding hydrogens is 467 g/mol. The molecule has 184 valence electrons. The molecule has 7 nitrogen and oxygen atoms in total. The standard InChI is InChI=1S/C23H33FN2O5S2/c1-4-5-10-17-14-26(13-16-8-6-7-9-16)19-11-21(32-3)20(31-15-18(24)23(27)28)12-22(19)33(29,30)25(17)2/h11-12,15-17H,4-10,13-14H2,1-3H3,(H,27,28)/b18-15-/t17-/m1/s1. The Morgan fingerprint density at radius 2 is 2.03 bits per heavy atom. The first kappa shape index (κ1) is 25.8. The highest BCUT2D eigenvalue weighted by molar-refractivity contribution is 7.98. The number of carbonyl (C=O) groups is 1. The van der Waals surface area contributed by atoms with Gasteiger partial charge in [-0.25, -0.2) is 13.2 Å². The van der Waals surface area contributed by atoms with Crippen LogP contribution in [-0.4, -0.2) is 56.2 Å². The Kier molecular flexibility index (Phi) is 8.69. The fourth-order valence-electron chi connectivity index (χ4n) is 4.61. The summed E-state index contributed by atoms with van der Waals surface area (Å²) in [5.41, 5.74) is 0.632. The van der Waals surface area contributed by atoms with Crippen molar-refractivity contribution in [1.29, 1.82) is 0 Å². The average molecular weight is 501 g/mol. The third-order valence-corrected chi connectivity index (χ3v) is 9.22. The monoisotopic (exact) mass is 500 g/mol. The van der Waals surface area contributed by atoms with E-state index in [4.69, 9.17) is 9.84 Å². The van der Waals surface area contributed by atoms with Crippen LogP contribution in [0.15, 0.2) is 34.0 Å². The largest absolute Gasteiger partial charge is 0.476 e.